The summed E-state index contributed by atoms with van der Waals surface area (Å²) in [6, 6.07) is 15.9. The van der Waals surface area contributed by atoms with Gasteiger partial charge in [-0.2, -0.15) is 0 Å². The summed E-state index contributed by atoms with van der Waals surface area (Å²) in [4.78, 5) is 28.9. The predicted octanol–water partition coefficient (Wildman–Crippen LogP) is 2.86. The number of hydrogen-bond donors (Lipinski definition) is 2. The number of nitrogens with one attached hydrogen (secondary N) is 1. The number of carbonyl (C=O) groups is 1. The van der Waals surface area contributed by atoms with Gasteiger partial charge in [0, 0.05) is 25.2 Å². The van der Waals surface area contributed by atoms with E-state index in [1.54, 1.807) is 39.8 Å². The summed E-state index contributed by atoms with van der Waals surface area (Å²) in [5, 5.41) is 10.1. The van der Waals surface area contributed by atoms with Crippen LogP contribution in [-0.2, 0) is 4.79 Å². The number of H-pyrrole nitrogens is 1. The Morgan fingerprint density at radius 2 is 1.86 bits per heavy atom. The van der Waals surface area contributed by atoms with E-state index in [-0.39, 0.29) is 18.7 Å². The number of para-hydroxylation sites is 2. The topological polar surface area (TPSA) is 78.3 Å². The number of Topliss-reactive ketones (excluding diaryl/α,β-unsaturated/α-hetero) is 1. The molecule has 6 nitrogen and oxygen atoms in total. The van der Waals surface area contributed by atoms with E-state index in [1.807, 2.05) is 30.3 Å². The first-order valence-corrected chi connectivity index (χ1v) is 9.57. The molecule has 2 aromatic carbocycles. The number of benzene rings is 2. The molecule has 0 radical (unpaired) electrons. The minimum Gasteiger partial charge on any atom is -0.381 e. The summed E-state index contributed by atoms with van der Waals surface area (Å²) in [7, 11) is 0. The highest BCUT2D eigenvalue weighted by atomic mass is 19.1. The third kappa shape index (κ3) is 3.92. The molecule has 29 heavy (non-hydrogen) atoms. The van der Waals surface area contributed by atoms with Crippen LogP contribution in [0.25, 0.3) is 16.7 Å². The molecule has 0 saturated carbocycles. The van der Waals surface area contributed by atoms with Crippen LogP contribution in [0.5, 0.6) is 0 Å². The molecule has 4 rings (SSSR count). The largest absolute Gasteiger partial charge is 0.381 e. The summed E-state index contributed by atoms with van der Waals surface area (Å²) in [6.07, 6.45) is -0.895. The van der Waals surface area contributed by atoms with Crippen molar-refractivity contribution in [1.29, 1.82) is 0 Å². The maximum atomic E-state index is 14.7. The molecule has 0 amide bonds. The van der Waals surface area contributed by atoms with Crippen LogP contribution in [0.3, 0.4) is 0 Å². The van der Waals surface area contributed by atoms with Gasteiger partial charge in [-0.15, -0.1) is 0 Å². The smallest absolute Gasteiger partial charge is 0.330 e. The average Bonchev–Trinajstić information content (AvgIpc) is 3.09. The van der Waals surface area contributed by atoms with Gasteiger partial charge in [-0.25, -0.2) is 9.18 Å². The van der Waals surface area contributed by atoms with Crippen molar-refractivity contribution in [2.24, 2.45) is 0 Å². The normalized spacial score (nSPS) is 17.1. The van der Waals surface area contributed by atoms with Gasteiger partial charge in [-0.05, 0) is 17.7 Å². The van der Waals surface area contributed by atoms with Gasteiger partial charge in [0.1, 0.15) is 6.10 Å². The highest BCUT2D eigenvalue weighted by Gasteiger charge is 2.27. The average molecular weight is 395 g/mol. The monoisotopic (exact) mass is 395 g/mol. The number of alkyl halides is 1. The van der Waals surface area contributed by atoms with Crippen LogP contribution in [0.15, 0.2) is 65.5 Å². The minimum atomic E-state index is -1.49. The SMILES string of the molecule is O=C(CC(F)N1CC=C(n2c(=O)[nH]c3ccccc32)CC1)C(O)c1ccccc1. The molecule has 1 aliphatic heterocycles. The fourth-order valence-electron chi connectivity index (χ4n) is 3.70. The fraction of sp³-hybridized carbons (Fsp3) is 0.273. The molecule has 1 aromatic heterocycles. The second-order valence-corrected chi connectivity index (χ2v) is 7.14. The Morgan fingerprint density at radius 3 is 2.59 bits per heavy atom. The van der Waals surface area contributed by atoms with Gasteiger partial charge in [0.15, 0.2) is 12.1 Å². The van der Waals surface area contributed by atoms with Gasteiger partial charge >= 0.3 is 5.69 Å². The number of aliphatic hydroxyl groups is 1. The lowest BCUT2D eigenvalue weighted by Gasteiger charge is -2.29. The van der Waals surface area contributed by atoms with Crippen molar-refractivity contribution in [3.8, 4) is 0 Å². The number of fused-ring (bicyclic) bond motifs is 1. The lowest BCUT2D eigenvalue weighted by atomic mass is 10.0. The third-order valence-corrected chi connectivity index (χ3v) is 5.28. The van der Waals surface area contributed by atoms with E-state index in [9.17, 15) is 19.1 Å². The Labute approximate surface area is 166 Å². The highest BCUT2D eigenvalue weighted by molar-refractivity contribution is 5.84. The van der Waals surface area contributed by atoms with Gasteiger partial charge in [0.2, 0.25) is 0 Å². The van der Waals surface area contributed by atoms with Gasteiger partial charge in [-0.1, -0.05) is 48.5 Å². The van der Waals surface area contributed by atoms with E-state index in [2.05, 4.69) is 4.98 Å². The van der Waals surface area contributed by atoms with E-state index in [0.29, 0.717) is 18.5 Å². The molecule has 0 bridgehead atoms. The molecule has 2 unspecified atom stereocenters. The molecule has 0 spiro atoms. The van der Waals surface area contributed by atoms with Gasteiger partial charge < -0.3 is 10.1 Å². The molecular formula is C22H22FN3O3. The van der Waals surface area contributed by atoms with Crippen molar-refractivity contribution in [2.45, 2.75) is 25.2 Å². The fourth-order valence-corrected chi connectivity index (χ4v) is 3.70. The second kappa shape index (κ2) is 8.14. The van der Waals surface area contributed by atoms with Gasteiger partial charge in [0.25, 0.3) is 0 Å². The Kier molecular flexibility index (Phi) is 5.42. The number of ketones is 1. The summed E-state index contributed by atoms with van der Waals surface area (Å²) >= 11 is 0. The predicted molar refractivity (Wildman–Crippen MR) is 109 cm³/mol. The van der Waals surface area contributed by atoms with Crippen LogP contribution in [-0.4, -0.2) is 44.7 Å². The molecule has 2 N–H and O–H groups in total. The van der Waals surface area contributed by atoms with E-state index in [1.165, 1.54) is 0 Å². The second-order valence-electron chi connectivity index (χ2n) is 7.14. The van der Waals surface area contributed by atoms with E-state index < -0.39 is 18.2 Å². The first-order valence-electron chi connectivity index (χ1n) is 9.57. The van der Waals surface area contributed by atoms with Crippen LogP contribution in [0, 0.1) is 0 Å². The van der Waals surface area contributed by atoms with Crippen molar-refractivity contribution in [3.05, 3.63) is 76.7 Å². The van der Waals surface area contributed by atoms with E-state index >= 15 is 0 Å². The number of halogens is 1. The molecule has 7 heteroatoms. The molecule has 2 heterocycles. The van der Waals surface area contributed by atoms with Crippen molar-refractivity contribution in [1.82, 2.24) is 14.5 Å². The first-order chi connectivity index (χ1) is 14.0. The number of aliphatic hydroxyl groups excluding tert-OH is 1. The number of imidazole rings is 1. The maximum absolute atomic E-state index is 14.7. The number of aromatic amines is 1. The quantitative estimate of drug-likeness (QED) is 0.629. The zero-order valence-corrected chi connectivity index (χ0v) is 15.8. The van der Waals surface area contributed by atoms with Crippen LogP contribution in [0.2, 0.25) is 0 Å². The molecule has 1 aliphatic rings. The zero-order chi connectivity index (χ0) is 20.4. The number of nitrogens with zero attached hydrogens (tertiary/aromatic N) is 2. The third-order valence-electron chi connectivity index (χ3n) is 5.28. The molecule has 0 saturated heterocycles. The van der Waals surface area contributed by atoms with E-state index in [4.69, 9.17) is 0 Å². The van der Waals surface area contributed by atoms with Crippen LogP contribution < -0.4 is 5.69 Å². The lowest BCUT2D eigenvalue weighted by molar-refractivity contribution is -0.130. The molecule has 150 valence electrons. The summed E-state index contributed by atoms with van der Waals surface area (Å²) in [6.45, 7) is 0.671. The van der Waals surface area contributed by atoms with Crippen molar-refractivity contribution < 1.29 is 14.3 Å². The number of aromatic nitrogens is 2. The van der Waals surface area contributed by atoms with Crippen molar-refractivity contribution >= 4 is 22.5 Å². The highest BCUT2D eigenvalue weighted by Crippen LogP contribution is 2.23. The summed E-state index contributed by atoms with van der Waals surface area (Å²) in [5.74, 6) is -0.550. The number of hydrogen-bond acceptors (Lipinski definition) is 4. The molecule has 2 atom stereocenters. The zero-order valence-electron chi connectivity index (χ0n) is 15.8. The summed E-state index contributed by atoms with van der Waals surface area (Å²) < 4.78 is 16.3. The number of carbonyl (C=O) groups excluding carboxylic acids is 1. The Bertz CT molecular complexity index is 1100. The Balaban J connectivity index is 1.43. The molecular weight excluding hydrogens is 373 g/mol. The van der Waals surface area contributed by atoms with Crippen molar-refractivity contribution in [3.63, 3.8) is 0 Å². The van der Waals surface area contributed by atoms with Crippen LogP contribution in [0.1, 0.15) is 24.5 Å². The standard InChI is InChI=1S/C22H22FN3O3/c23-20(14-19(27)21(28)15-6-2-1-3-7-15)25-12-10-16(11-13-25)26-18-9-5-4-8-17(18)24-22(26)29/h1-10,20-21,28H,11-14H2,(H,24,29). The van der Waals surface area contributed by atoms with Gasteiger partial charge in [-0.3, -0.25) is 14.3 Å². The number of rotatable bonds is 6. The summed E-state index contributed by atoms with van der Waals surface area (Å²) in [5.41, 5.74) is 2.60. The van der Waals surface area contributed by atoms with E-state index in [0.717, 1.165) is 16.7 Å². The molecule has 3 aromatic rings. The maximum Gasteiger partial charge on any atom is 0.330 e. The first kappa shape index (κ1) is 19.3. The molecule has 0 aliphatic carbocycles. The lowest BCUT2D eigenvalue weighted by Crippen LogP contribution is -2.38. The van der Waals surface area contributed by atoms with Crippen molar-refractivity contribution in [2.75, 3.05) is 13.1 Å². The molecule has 0 fully saturated rings. The Hall–Kier alpha value is -3.03. The Morgan fingerprint density at radius 1 is 1.14 bits per heavy atom. The van der Waals surface area contributed by atoms with Gasteiger partial charge in [0.05, 0.1) is 17.5 Å². The van der Waals surface area contributed by atoms with Crippen LogP contribution in [0.4, 0.5) is 4.39 Å². The van der Waals surface area contributed by atoms with Crippen LogP contribution >= 0.6 is 0 Å². The minimum absolute atomic E-state index is 0.219.